The molecule has 0 unspecified atom stereocenters. The molecule has 0 amide bonds. The zero-order valence-electron chi connectivity index (χ0n) is 29.4. The first kappa shape index (κ1) is 30.6. The number of aryl methyl sites for hydroxylation is 1. The lowest BCUT2D eigenvalue weighted by atomic mass is 9.95. The predicted octanol–water partition coefficient (Wildman–Crippen LogP) is 9.51. The van der Waals surface area contributed by atoms with Crippen molar-refractivity contribution in [2.45, 2.75) is 71.8 Å². The molecule has 4 aromatic carbocycles. The van der Waals surface area contributed by atoms with Gasteiger partial charge in [-0.25, -0.2) is 4.57 Å². The fourth-order valence-corrected chi connectivity index (χ4v) is 8.89. The maximum atomic E-state index is 7.34. The summed E-state index contributed by atoms with van der Waals surface area (Å²) in [4.78, 5) is 0. The minimum Gasteiger partial charge on any atom is -0.455 e. The number of pyridine rings is 1. The van der Waals surface area contributed by atoms with Crippen molar-refractivity contribution < 1.29 is 18.3 Å². The number of aromatic nitrogens is 3. The highest BCUT2D eigenvalue weighted by atomic mass is 28.3. The van der Waals surface area contributed by atoms with Crippen molar-refractivity contribution >= 4 is 46.2 Å². The molecular formula is C42H45N3O2Si+2. The minimum atomic E-state index is -1.56. The number of para-hydroxylation sites is 3. The van der Waals surface area contributed by atoms with Crippen LogP contribution in [-0.2, 0) is 12.8 Å². The number of rotatable bonds is 4. The minimum absolute atomic E-state index is 0.351. The Hall–Kier alpha value is -4.68. The van der Waals surface area contributed by atoms with Gasteiger partial charge in [0.15, 0.2) is 28.5 Å². The quantitative estimate of drug-likeness (QED) is 0.140. The Morgan fingerprint density at radius 1 is 0.833 bits per heavy atom. The predicted molar refractivity (Wildman–Crippen MR) is 199 cm³/mol. The van der Waals surface area contributed by atoms with Gasteiger partial charge in [-0.05, 0) is 53.9 Å². The summed E-state index contributed by atoms with van der Waals surface area (Å²) in [5.74, 6) is 2.29. The van der Waals surface area contributed by atoms with Gasteiger partial charge in [0.25, 0.3) is 5.82 Å². The van der Waals surface area contributed by atoms with Crippen LogP contribution in [0.2, 0.25) is 19.6 Å². The molecule has 0 bridgehead atoms. The monoisotopic (exact) mass is 651 g/mol. The molecule has 5 nitrogen and oxygen atoms in total. The summed E-state index contributed by atoms with van der Waals surface area (Å²) in [7, 11) is 0.609. The highest BCUT2D eigenvalue weighted by Crippen LogP contribution is 2.43. The summed E-state index contributed by atoms with van der Waals surface area (Å²) in [6, 6.07) is 33.3. The Balaban J connectivity index is 1.63. The van der Waals surface area contributed by atoms with Crippen LogP contribution in [0.4, 0.5) is 0 Å². The molecule has 1 aliphatic rings. The number of hydrogen-bond donors (Lipinski definition) is 0. The molecule has 0 aliphatic carbocycles. The van der Waals surface area contributed by atoms with Gasteiger partial charge in [-0.15, -0.1) is 0 Å². The van der Waals surface area contributed by atoms with Crippen LogP contribution >= 0.6 is 0 Å². The fraction of sp³-hybridized carbons (Fsp3) is 0.286. The summed E-state index contributed by atoms with van der Waals surface area (Å²) < 4.78 is 21.6. The van der Waals surface area contributed by atoms with E-state index in [1.807, 2.05) is 0 Å². The number of furan rings is 1. The Kier molecular flexibility index (Phi) is 6.97. The van der Waals surface area contributed by atoms with Gasteiger partial charge in [-0.3, -0.25) is 0 Å². The van der Waals surface area contributed by atoms with Gasteiger partial charge in [-0.1, -0.05) is 88.9 Å². The maximum absolute atomic E-state index is 7.34. The molecule has 3 aromatic heterocycles. The van der Waals surface area contributed by atoms with Crippen LogP contribution in [-0.4, -0.2) is 12.6 Å². The number of nitrogens with zero attached hydrogens (tertiary/aromatic N) is 3. The van der Waals surface area contributed by atoms with Crippen LogP contribution in [0.25, 0.3) is 61.3 Å². The van der Waals surface area contributed by atoms with Crippen LogP contribution in [0, 0.1) is 0 Å². The van der Waals surface area contributed by atoms with Crippen molar-refractivity contribution in [2.24, 2.45) is 7.05 Å². The lowest BCUT2D eigenvalue weighted by Crippen LogP contribution is -2.61. The average Bonchev–Trinajstić information content (AvgIpc) is 3.60. The van der Waals surface area contributed by atoms with E-state index < -0.39 is 13.8 Å². The first-order valence-electron chi connectivity index (χ1n) is 17.4. The van der Waals surface area contributed by atoms with Gasteiger partial charge in [0, 0.05) is 35.7 Å². The summed E-state index contributed by atoms with van der Waals surface area (Å²) in [6.07, 6.45) is 3.83. The lowest BCUT2D eigenvalue weighted by Gasteiger charge is -2.30. The molecule has 8 rings (SSSR count). The highest BCUT2D eigenvalue weighted by Gasteiger charge is 2.45. The molecule has 0 spiro atoms. The number of benzene rings is 4. The average molecular weight is 652 g/mol. The topological polar surface area (TPSA) is 35.1 Å². The van der Waals surface area contributed by atoms with Crippen LogP contribution in [0.5, 0.6) is 5.75 Å². The number of ether oxygens (including phenoxy) is 1. The summed E-state index contributed by atoms with van der Waals surface area (Å²) in [5, 5.41) is 3.68. The second-order valence-corrected chi connectivity index (χ2v) is 19.8. The van der Waals surface area contributed by atoms with Crippen molar-refractivity contribution in [1.29, 1.82) is 0 Å². The van der Waals surface area contributed by atoms with Crippen molar-refractivity contribution in [3.63, 3.8) is 0 Å². The van der Waals surface area contributed by atoms with Gasteiger partial charge >= 0.3 is 5.72 Å². The van der Waals surface area contributed by atoms with E-state index in [0.717, 1.165) is 79.9 Å². The molecule has 48 heavy (non-hydrogen) atoms. The van der Waals surface area contributed by atoms with E-state index in [1.165, 1.54) is 10.8 Å². The Bertz CT molecular complexity index is 2390. The third kappa shape index (κ3) is 4.42. The lowest BCUT2D eigenvalue weighted by molar-refractivity contribution is -0.792. The van der Waals surface area contributed by atoms with E-state index in [4.69, 9.17) is 9.15 Å². The zero-order chi connectivity index (χ0) is 33.5. The standard InChI is InChI=1S/C42H45N3O2Si/c1-9-42(10-2)44-24-23-28(27(3)4)25-36(44)39-35(22-21-31-30-20-19-29(48(6,7)8)26-38(30)46-40(31)39)45-34-17-13-12-16-33(34)43(5)41(45)32-15-11-14-18-37(32)47-42/h11-27H,9-10H2,1-8H3/q+2. The number of fused-ring (bicyclic) bond motifs is 13. The Labute approximate surface area is 284 Å². The molecule has 0 N–H and O–H groups in total. The molecule has 4 heterocycles. The van der Waals surface area contributed by atoms with E-state index in [0.29, 0.717) is 5.92 Å². The van der Waals surface area contributed by atoms with E-state index in [1.54, 1.807) is 0 Å². The number of hydrogen-bond acceptors (Lipinski definition) is 2. The first-order chi connectivity index (χ1) is 23.1. The van der Waals surface area contributed by atoms with Gasteiger partial charge in [-0.2, -0.15) is 9.13 Å². The maximum Gasteiger partial charge on any atom is 0.311 e. The van der Waals surface area contributed by atoms with Crippen molar-refractivity contribution in [2.75, 3.05) is 0 Å². The summed E-state index contributed by atoms with van der Waals surface area (Å²) >= 11 is 0. The second-order valence-electron chi connectivity index (χ2n) is 14.7. The van der Waals surface area contributed by atoms with Crippen LogP contribution in [0.15, 0.2) is 102 Å². The van der Waals surface area contributed by atoms with Crippen LogP contribution in [0.1, 0.15) is 52.0 Å². The van der Waals surface area contributed by atoms with Gasteiger partial charge in [0.2, 0.25) is 5.69 Å². The summed E-state index contributed by atoms with van der Waals surface area (Å²) in [5.41, 5.74) is 9.11. The van der Waals surface area contributed by atoms with E-state index in [9.17, 15) is 0 Å². The SMILES string of the molecule is CCC1(CC)Oc2ccccc2-c2n(C)c3ccccc3[n+]2-c2ccc3c(oc4cc([Si](C)(C)C)ccc43)c2-c2cc(C(C)C)cc[n+]21. The molecule has 242 valence electrons. The van der Waals surface area contributed by atoms with Crippen LogP contribution < -0.4 is 19.1 Å². The molecule has 0 saturated heterocycles. The molecule has 0 atom stereocenters. The van der Waals surface area contributed by atoms with Gasteiger partial charge in [0.05, 0.1) is 15.1 Å². The molecule has 1 aliphatic heterocycles. The van der Waals surface area contributed by atoms with Gasteiger partial charge in [0.1, 0.15) is 22.5 Å². The molecule has 0 radical (unpaired) electrons. The largest absolute Gasteiger partial charge is 0.455 e. The third-order valence-electron chi connectivity index (χ3n) is 10.6. The van der Waals surface area contributed by atoms with Crippen molar-refractivity contribution in [1.82, 2.24) is 4.57 Å². The smallest absolute Gasteiger partial charge is 0.311 e. The molecule has 7 aromatic rings. The highest BCUT2D eigenvalue weighted by molar-refractivity contribution is 6.88. The van der Waals surface area contributed by atoms with E-state index >= 15 is 0 Å². The normalized spacial score (nSPS) is 14.1. The third-order valence-corrected chi connectivity index (χ3v) is 12.7. The molecular weight excluding hydrogens is 607 g/mol. The number of imidazole rings is 1. The van der Waals surface area contributed by atoms with E-state index in [-0.39, 0.29) is 0 Å². The molecule has 6 heteroatoms. The van der Waals surface area contributed by atoms with Crippen molar-refractivity contribution in [3.8, 4) is 34.1 Å². The molecule has 0 saturated carbocycles. The summed E-state index contributed by atoms with van der Waals surface area (Å²) in [6.45, 7) is 16.2. The Morgan fingerprint density at radius 3 is 2.31 bits per heavy atom. The fourth-order valence-electron chi connectivity index (χ4n) is 7.74. The van der Waals surface area contributed by atoms with E-state index in [2.05, 4.69) is 165 Å². The van der Waals surface area contributed by atoms with Crippen LogP contribution in [0.3, 0.4) is 0 Å². The van der Waals surface area contributed by atoms with Gasteiger partial charge < -0.3 is 9.15 Å². The zero-order valence-corrected chi connectivity index (χ0v) is 30.4. The first-order valence-corrected chi connectivity index (χ1v) is 20.9. The Morgan fingerprint density at radius 2 is 1.56 bits per heavy atom. The second kappa shape index (κ2) is 10.9. The molecule has 0 fully saturated rings. The van der Waals surface area contributed by atoms with Crippen molar-refractivity contribution in [3.05, 3.63) is 103 Å².